The van der Waals surface area contributed by atoms with Gasteiger partial charge in [-0.05, 0) is 58.6 Å². The van der Waals surface area contributed by atoms with E-state index in [4.69, 9.17) is 0 Å². The van der Waals surface area contributed by atoms with Crippen LogP contribution >= 0.6 is 0 Å². The molecule has 1 aliphatic heterocycles. The number of rotatable bonds is 4. The monoisotopic (exact) mass is 371 g/mol. The summed E-state index contributed by atoms with van der Waals surface area (Å²) in [4.78, 5) is 15.7. The van der Waals surface area contributed by atoms with E-state index < -0.39 is 0 Å². The maximum atomic E-state index is 13.6. The molecule has 1 aromatic rings. The molecule has 1 amide bonds. The van der Waals surface area contributed by atoms with Crippen LogP contribution < -0.4 is 0 Å². The molecule has 0 unspecified atom stereocenters. The highest BCUT2D eigenvalue weighted by molar-refractivity contribution is 5.98. The highest BCUT2D eigenvalue weighted by Crippen LogP contribution is 2.37. The molecule has 0 spiro atoms. The van der Waals surface area contributed by atoms with Crippen molar-refractivity contribution < 1.29 is 4.79 Å². The number of carbonyl (C=O) groups excluding carboxylic acids is 1. The highest BCUT2D eigenvalue weighted by Gasteiger charge is 2.32. The van der Waals surface area contributed by atoms with Gasteiger partial charge in [0.2, 0.25) is 0 Å². The Morgan fingerprint density at radius 1 is 0.889 bits per heavy atom. The predicted molar refractivity (Wildman–Crippen MR) is 117 cm³/mol. The van der Waals surface area contributed by atoms with E-state index >= 15 is 0 Å². The van der Waals surface area contributed by atoms with Crippen LogP contribution in [-0.4, -0.2) is 23.9 Å². The number of amides is 1. The minimum Gasteiger partial charge on any atom is -0.339 e. The summed E-state index contributed by atoms with van der Waals surface area (Å²) in [5.41, 5.74) is 5.13. The molecule has 1 fully saturated rings. The van der Waals surface area contributed by atoms with Crippen LogP contribution in [0.4, 0.5) is 0 Å². The van der Waals surface area contributed by atoms with Gasteiger partial charge in [0.25, 0.3) is 5.91 Å². The average molecular weight is 372 g/mol. The minimum atomic E-state index is 0.255. The Balaban J connectivity index is 2.40. The van der Waals surface area contributed by atoms with Crippen molar-refractivity contribution in [3.63, 3.8) is 0 Å². The molecule has 0 bridgehead atoms. The number of carbonyl (C=O) groups is 1. The van der Waals surface area contributed by atoms with Crippen molar-refractivity contribution >= 4 is 5.91 Å². The topological polar surface area (TPSA) is 20.3 Å². The third kappa shape index (κ3) is 4.95. The molecule has 152 valence electrons. The van der Waals surface area contributed by atoms with E-state index in [0.717, 1.165) is 31.5 Å². The predicted octanol–water partition coefficient (Wildman–Crippen LogP) is 6.96. The Morgan fingerprint density at radius 2 is 1.33 bits per heavy atom. The van der Waals surface area contributed by atoms with Gasteiger partial charge in [-0.2, -0.15) is 0 Å². The molecule has 0 atom stereocenters. The van der Waals surface area contributed by atoms with Gasteiger partial charge in [0.1, 0.15) is 0 Å². The van der Waals surface area contributed by atoms with Crippen molar-refractivity contribution in [1.29, 1.82) is 0 Å². The van der Waals surface area contributed by atoms with Crippen molar-refractivity contribution in [2.24, 2.45) is 11.3 Å². The molecular weight excluding hydrogens is 330 g/mol. The Bertz CT molecular complexity index is 626. The molecule has 0 saturated carbocycles. The molecule has 1 aliphatic rings. The molecule has 0 aliphatic carbocycles. The van der Waals surface area contributed by atoms with Crippen LogP contribution in [0.1, 0.15) is 120 Å². The summed E-state index contributed by atoms with van der Waals surface area (Å²) in [6.07, 6.45) is 2.24. The number of nitrogens with zero attached hydrogens (tertiary/aromatic N) is 1. The van der Waals surface area contributed by atoms with Crippen molar-refractivity contribution in [2.75, 3.05) is 13.1 Å². The van der Waals surface area contributed by atoms with E-state index in [1.807, 2.05) is 0 Å². The molecule has 2 rings (SSSR count). The lowest BCUT2D eigenvalue weighted by atomic mass is 9.75. The molecule has 0 N–H and O–H groups in total. The van der Waals surface area contributed by atoms with Crippen LogP contribution in [0.5, 0.6) is 0 Å². The lowest BCUT2D eigenvalue weighted by Crippen LogP contribution is -2.42. The first kappa shape index (κ1) is 22.0. The molecule has 0 aromatic heterocycles. The van der Waals surface area contributed by atoms with Gasteiger partial charge in [0.15, 0.2) is 0 Å². The van der Waals surface area contributed by atoms with Crippen LogP contribution in [0.2, 0.25) is 0 Å². The van der Waals surface area contributed by atoms with Gasteiger partial charge >= 0.3 is 0 Å². The molecule has 1 aromatic carbocycles. The van der Waals surface area contributed by atoms with Gasteiger partial charge in [-0.25, -0.2) is 0 Å². The summed E-state index contributed by atoms with van der Waals surface area (Å²) in [6.45, 7) is 22.1. The lowest BCUT2D eigenvalue weighted by Gasteiger charge is -2.39. The summed E-state index contributed by atoms with van der Waals surface area (Å²) in [7, 11) is 0. The average Bonchev–Trinajstić information content (AvgIpc) is 2.59. The van der Waals surface area contributed by atoms with Gasteiger partial charge in [-0.15, -0.1) is 0 Å². The fourth-order valence-electron chi connectivity index (χ4n) is 4.31. The molecule has 2 heteroatoms. The third-order valence-corrected chi connectivity index (χ3v) is 6.35. The Hall–Kier alpha value is -1.31. The zero-order valence-corrected chi connectivity index (χ0v) is 19.1. The molecule has 0 radical (unpaired) electrons. The smallest absolute Gasteiger partial charge is 0.254 e. The maximum absolute atomic E-state index is 13.6. The van der Waals surface area contributed by atoms with E-state index in [9.17, 15) is 4.79 Å². The summed E-state index contributed by atoms with van der Waals surface area (Å²) in [5.74, 6) is 2.15. The zero-order valence-electron chi connectivity index (χ0n) is 19.1. The second kappa shape index (κ2) is 8.37. The number of piperidine rings is 1. The van der Waals surface area contributed by atoms with Crippen LogP contribution in [0, 0.1) is 11.3 Å². The summed E-state index contributed by atoms with van der Waals surface area (Å²) in [5, 5.41) is 0. The van der Waals surface area contributed by atoms with E-state index in [0.29, 0.717) is 29.1 Å². The van der Waals surface area contributed by atoms with E-state index in [1.165, 1.54) is 16.7 Å². The van der Waals surface area contributed by atoms with Gasteiger partial charge < -0.3 is 4.90 Å². The first-order valence-electron chi connectivity index (χ1n) is 10.9. The zero-order chi connectivity index (χ0) is 20.5. The Morgan fingerprint density at radius 3 is 1.67 bits per heavy atom. The van der Waals surface area contributed by atoms with Crippen LogP contribution in [0.15, 0.2) is 12.1 Å². The minimum absolute atomic E-state index is 0.255. The largest absolute Gasteiger partial charge is 0.339 e. The van der Waals surface area contributed by atoms with Crippen molar-refractivity contribution in [1.82, 2.24) is 4.90 Å². The van der Waals surface area contributed by atoms with Crippen molar-refractivity contribution in [3.05, 3.63) is 34.4 Å². The first-order chi connectivity index (χ1) is 12.4. The normalized spacial score (nSPS) is 16.7. The molecule has 2 nitrogen and oxygen atoms in total. The van der Waals surface area contributed by atoms with Crippen molar-refractivity contribution in [3.8, 4) is 0 Å². The van der Waals surface area contributed by atoms with Crippen LogP contribution in [0.3, 0.4) is 0 Å². The fraction of sp³-hybridized carbons (Fsp3) is 0.720. The van der Waals surface area contributed by atoms with Crippen molar-refractivity contribution in [2.45, 2.75) is 92.9 Å². The lowest BCUT2D eigenvalue weighted by molar-refractivity contribution is 0.0606. The van der Waals surface area contributed by atoms with E-state index in [-0.39, 0.29) is 5.91 Å². The summed E-state index contributed by atoms with van der Waals surface area (Å²) in [6, 6.07) is 4.58. The molecule has 27 heavy (non-hydrogen) atoms. The van der Waals surface area contributed by atoms with Gasteiger partial charge in [0, 0.05) is 18.7 Å². The van der Waals surface area contributed by atoms with E-state index in [2.05, 4.69) is 79.3 Å². The van der Waals surface area contributed by atoms with Gasteiger partial charge in [0.05, 0.1) is 0 Å². The molecule has 1 heterocycles. The quantitative estimate of drug-likeness (QED) is 0.560. The number of hydrogen-bond donors (Lipinski definition) is 0. The van der Waals surface area contributed by atoms with Crippen LogP contribution in [0.25, 0.3) is 0 Å². The fourth-order valence-corrected chi connectivity index (χ4v) is 4.31. The number of likely N-dealkylation sites (tertiary alicyclic amines) is 1. The van der Waals surface area contributed by atoms with Gasteiger partial charge in [-0.3, -0.25) is 4.79 Å². The van der Waals surface area contributed by atoms with Gasteiger partial charge in [-0.1, -0.05) is 74.4 Å². The van der Waals surface area contributed by atoms with E-state index in [1.54, 1.807) is 0 Å². The summed E-state index contributed by atoms with van der Waals surface area (Å²) < 4.78 is 0. The molecule has 1 saturated heterocycles. The Labute approximate surface area is 167 Å². The molecular formula is C25H41NO. The second-order valence-corrected chi connectivity index (χ2v) is 10.5. The highest BCUT2D eigenvalue weighted by atomic mass is 16.2. The number of benzene rings is 1. The Kier molecular flexibility index (Phi) is 6.81. The third-order valence-electron chi connectivity index (χ3n) is 6.35. The maximum Gasteiger partial charge on any atom is 0.254 e. The first-order valence-corrected chi connectivity index (χ1v) is 10.9. The number of hydrogen-bond acceptors (Lipinski definition) is 1. The SMILES string of the molecule is CC(C)c1cc(C(C)C)c(C(=O)N2CCC(C(C)(C)C)CC2)c(C(C)C)c1. The second-order valence-electron chi connectivity index (χ2n) is 10.5. The summed E-state index contributed by atoms with van der Waals surface area (Å²) >= 11 is 0. The standard InChI is InChI=1S/C25H41NO/c1-16(2)19-14-21(17(3)4)23(22(15-19)18(5)6)24(27)26-12-10-20(11-13-26)25(7,8)9/h14-18,20H,10-13H2,1-9H3. The van der Waals surface area contributed by atoms with Crippen LogP contribution in [-0.2, 0) is 0 Å².